The van der Waals surface area contributed by atoms with Crippen LogP contribution in [0.15, 0.2) is 47.4 Å². The fraction of sp³-hybridized carbons (Fsp3) is 0.381. The largest absolute Gasteiger partial charge is 0.481 e. The Morgan fingerprint density at radius 2 is 1.72 bits per heavy atom. The molecule has 2 unspecified atom stereocenters. The van der Waals surface area contributed by atoms with Crippen molar-refractivity contribution in [2.24, 2.45) is 0 Å². The summed E-state index contributed by atoms with van der Waals surface area (Å²) in [5, 5.41) is 8.96. The highest BCUT2D eigenvalue weighted by Gasteiger charge is 2.39. The van der Waals surface area contributed by atoms with E-state index in [1.807, 2.05) is 0 Å². The fourth-order valence-corrected chi connectivity index (χ4v) is 5.91. The maximum atomic E-state index is 14.0. The molecule has 6 nitrogen and oxygen atoms in total. The van der Waals surface area contributed by atoms with Crippen LogP contribution in [0.4, 0.5) is 23.2 Å². The van der Waals surface area contributed by atoms with Gasteiger partial charge in [0, 0.05) is 30.9 Å². The van der Waals surface area contributed by atoms with Crippen molar-refractivity contribution in [2.45, 2.75) is 43.4 Å². The molecule has 1 N–H and O–H groups in total. The van der Waals surface area contributed by atoms with Crippen molar-refractivity contribution < 1.29 is 35.9 Å². The summed E-state index contributed by atoms with van der Waals surface area (Å²) in [6, 6.07) is 7.22. The number of benzene rings is 2. The van der Waals surface area contributed by atoms with E-state index in [1.54, 1.807) is 18.7 Å². The highest BCUT2D eigenvalue weighted by Crippen LogP contribution is 2.34. The number of piperazine rings is 1. The molecule has 1 aliphatic rings. The van der Waals surface area contributed by atoms with Gasteiger partial charge in [-0.15, -0.1) is 0 Å². The second kappa shape index (κ2) is 8.70. The van der Waals surface area contributed by atoms with Crippen molar-refractivity contribution in [3.63, 3.8) is 0 Å². The third kappa shape index (κ3) is 4.88. The van der Waals surface area contributed by atoms with Crippen LogP contribution in [0.25, 0.3) is 0 Å². The van der Waals surface area contributed by atoms with Crippen molar-refractivity contribution >= 4 is 21.7 Å². The number of alkyl halides is 3. The Bertz CT molecular complexity index is 1110. The summed E-state index contributed by atoms with van der Waals surface area (Å²) in [5.41, 5.74) is -0.780. The van der Waals surface area contributed by atoms with Crippen LogP contribution in [0.3, 0.4) is 0 Å². The van der Waals surface area contributed by atoms with Gasteiger partial charge in [-0.25, -0.2) is 12.8 Å². The lowest BCUT2D eigenvalue weighted by molar-refractivity contribution is -0.140. The SMILES string of the molecule is CC1CN(c2ccc(C(F)(F)F)c(F)c2)CC(C)N1S(=O)(=O)c1cccc(CC(=O)O)c1. The summed E-state index contributed by atoms with van der Waals surface area (Å²) in [6.07, 6.45) is -5.12. The third-order valence-electron chi connectivity index (χ3n) is 5.29. The molecule has 1 saturated heterocycles. The number of anilines is 1. The first kappa shape index (κ1) is 24.0. The van der Waals surface area contributed by atoms with Crippen molar-refractivity contribution in [3.05, 3.63) is 59.4 Å². The average molecular weight is 474 g/mol. The van der Waals surface area contributed by atoms with Crippen LogP contribution in [0.1, 0.15) is 25.0 Å². The highest BCUT2D eigenvalue weighted by molar-refractivity contribution is 7.89. The topological polar surface area (TPSA) is 77.9 Å². The Morgan fingerprint density at radius 3 is 2.25 bits per heavy atom. The monoisotopic (exact) mass is 474 g/mol. The van der Waals surface area contributed by atoms with Gasteiger partial charge in [0.15, 0.2) is 0 Å². The van der Waals surface area contributed by atoms with Gasteiger partial charge in [-0.05, 0) is 49.7 Å². The highest BCUT2D eigenvalue weighted by atomic mass is 32.2. The van der Waals surface area contributed by atoms with Crippen molar-refractivity contribution in [1.82, 2.24) is 4.31 Å². The molecule has 1 heterocycles. The van der Waals surface area contributed by atoms with E-state index in [0.29, 0.717) is 11.6 Å². The molecule has 1 fully saturated rings. The van der Waals surface area contributed by atoms with Crippen LogP contribution in [-0.2, 0) is 27.4 Å². The van der Waals surface area contributed by atoms with Crippen molar-refractivity contribution in [1.29, 1.82) is 0 Å². The molecule has 3 rings (SSSR count). The number of carboxylic acids is 1. The van der Waals surface area contributed by atoms with E-state index < -0.39 is 45.6 Å². The van der Waals surface area contributed by atoms with E-state index >= 15 is 0 Å². The smallest absolute Gasteiger partial charge is 0.419 e. The van der Waals surface area contributed by atoms with E-state index in [2.05, 4.69) is 0 Å². The molecule has 0 saturated carbocycles. The zero-order valence-electron chi connectivity index (χ0n) is 17.3. The molecule has 1 aliphatic heterocycles. The number of hydrogen-bond acceptors (Lipinski definition) is 4. The van der Waals surface area contributed by atoms with Gasteiger partial charge in [-0.1, -0.05) is 12.1 Å². The second-order valence-corrected chi connectivity index (χ2v) is 9.66. The van der Waals surface area contributed by atoms with Gasteiger partial charge in [0.25, 0.3) is 0 Å². The molecule has 0 amide bonds. The van der Waals surface area contributed by atoms with Crippen molar-refractivity contribution in [2.75, 3.05) is 18.0 Å². The predicted molar refractivity (Wildman–Crippen MR) is 109 cm³/mol. The number of halogens is 4. The fourth-order valence-electron chi connectivity index (χ4n) is 4.04. The van der Waals surface area contributed by atoms with Gasteiger partial charge in [0.1, 0.15) is 5.82 Å². The molecule has 0 radical (unpaired) electrons. The maximum Gasteiger partial charge on any atom is 0.419 e. The van der Waals surface area contributed by atoms with Gasteiger partial charge < -0.3 is 10.0 Å². The molecule has 0 bridgehead atoms. The molecular weight excluding hydrogens is 452 g/mol. The minimum Gasteiger partial charge on any atom is -0.481 e. The molecular formula is C21H22F4N2O4S. The van der Waals surface area contributed by atoms with Crippen LogP contribution in [-0.4, -0.2) is 49.0 Å². The number of hydrogen-bond donors (Lipinski definition) is 1. The Kier molecular flexibility index (Phi) is 6.52. The number of rotatable bonds is 5. The summed E-state index contributed by atoms with van der Waals surface area (Å²) in [4.78, 5) is 12.6. The minimum absolute atomic E-state index is 0.0380. The maximum absolute atomic E-state index is 14.0. The van der Waals surface area contributed by atoms with Gasteiger partial charge in [0.05, 0.1) is 16.9 Å². The first-order valence-corrected chi connectivity index (χ1v) is 11.2. The Balaban J connectivity index is 1.85. The van der Waals surface area contributed by atoms with Crippen LogP contribution >= 0.6 is 0 Å². The third-order valence-corrected chi connectivity index (χ3v) is 7.42. The van der Waals surface area contributed by atoms with Gasteiger partial charge in [0.2, 0.25) is 10.0 Å². The Morgan fingerprint density at radius 1 is 1.09 bits per heavy atom. The molecule has 2 atom stereocenters. The van der Waals surface area contributed by atoms with Crippen LogP contribution in [0, 0.1) is 5.82 Å². The summed E-state index contributed by atoms with van der Waals surface area (Å²) in [5.74, 6) is -2.47. The number of aliphatic carboxylic acids is 1. The summed E-state index contributed by atoms with van der Waals surface area (Å²) < 4.78 is 80.3. The van der Waals surface area contributed by atoms with E-state index in [1.165, 1.54) is 34.6 Å². The van der Waals surface area contributed by atoms with E-state index in [0.717, 1.165) is 6.07 Å². The summed E-state index contributed by atoms with van der Waals surface area (Å²) in [6.45, 7) is 3.59. The van der Waals surface area contributed by atoms with E-state index in [4.69, 9.17) is 5.11 Å². The number of nitrogens with zero attached hydrogens (tertiary/aromatic N) is 2. The van der Waals surface area contributed by atoms with Crippen molar-refractivity contribution in [3.8, 4) is 0 Å². The Hall–Kier alpha value is -2.66. The molecule has 2 aromatic rings. The van der Waals surface area contributed by atoms with Gasteiger partial charge in [-0.3, -0.25) is 4.79 Å². The normalized spacial score (nSPS) is 20.4. The zero-order valence-corrected chi connectivity index (χ0v) is 18.1. The standard InChI is InChI=1S/C21H22F4N2O4S/c1-13-11-26(16-6-7-18(19(22)10-16)21(23,24)25)12-14(2)27(13)32(30,31)17-5-3-4-15(8-17)9-20(28)29/h3-8,10,13-14H,9,11-12H2,1-2H3,(H,28,29). The van der Waals surface area contributed by atoms with E-state index in [9.17, 15) is 30.8 Å². The number of carboxylic acid groups (broad SMARTS) is 1. The van der Waals surface area contributed by atoms with Gasteiger partial charge >= 0.3 is 12.1 Å². The molecule has 11 heteroatoms. The molecule has 174 valence electrons. The number of sulfonamides is 1. The Labute approximate surface area is 183 Å². The molecule has 2 aromatic carbocycles. The van der Waals surface area contributed by atoms with Crippen LogP contribution in [0.5, 0.6) is 0 Å². The predicted octanol–water partition coefficient (Wildman–Crippen LogP) is 3.76. The zero-order chi connectivity index (χ0) is 23.8. The summed E-state index contributed by atoms with van der Waals surface area (Å²) in [7, 11) is -3.97. The van der Waals surface area contributed by atoms with Crippen LogP contribution < -0.4 is 4.90 Å². The first-order valence-electron chi connectivity index (χ1n) is 9.76. The molecule has 0 aromatic heterocycles. The molecule has 32 heavy (non-hydrogen) atoms. The second-order valence-electron chi connectivity index (χ2n) is 7.82. The summed E-state index contributed by atoms with van der Waals surface area (Å²) >= 11 is 0. The quantitative estimate of drug-likeness (QED) is 0.668. The average Bonchev–Trinajstić information content (AvgIpc) is 2.65. The molecule has 0 spiro atoms. The van der Waals surface area contributed by atoms with Crippen LogP contribution in [0.2, 0.25) is 0 Å². The minimum atomic E-state index is -4.80. The molecule has 0 aliphatic carbocycles. The lowest BCUT2D eigenvalue weighted by Gasteiger charge is -2.44. The first-order chi connectivity index (χ1) is 14.8. The lowest BCUT2D eigenvalue weighted by atomic mass is 10.1. The number of carbonyl (C=O) groups is 1. The lowest BCUT2D eigenvalue weighted by Crippen LogP contribution is -2.58. The van der Waals surface area contributed by atoms with Gasteiger partial charge in [-0.2, -0.15) is 17.5 Å². The van der Waals surface area contributed by atoms with E-state index in [-0.39, 0.29) is 30.1 Å².